The smallest absolute Gasteiger partial charge is 0.238 e. The highest BCUT2D eigenvalue weighted by atomic mass is 35.5. The summed E-state index contributed by atoms with van der Waals surface area (Å²) >= 11 is 18.0. The average molecular weight is 372 g/mol. The van der Waals surface area contributed by atoms with Crippen LogP contribution in [0.25, 0.3) is 0 Å². The zero-order valence-corrected chi connectivity index (χ0v) is 14.9. The highest BCUT2D eigenvalue weighted by Crippen LogP contribution is 2.23. The van der Waals surface area contributed by atoms with Gasteiger partial charge in [0.1, 0.15) is 0 Å². The standard InChI is InChI=1S/C17H17Cl3N2O/c1-11-14(19)3-2-4-16(11)22-17(23)10-21-8-7-12-5-6-13(18)9-15(12)20/h2-6,9,21H,7-8,10H2,1H3,(H,22,23). The van der Waals surface area contributed by atoms with Crippen molar-refractivity contribution in [1.29, 1.82) is 0 Å². The number of amides is 1. The minimum absolute atomic E-state index is 0.113. The van der Waals surface area contributed by atoms with Gasteiger partial charge in [-0.25, -0.2) is 0 Å². The maximum atomic E-state index is 11.9. The molecule has 0 saturated heterocycles. The molecule has 0 fully saturated rings. The van der Waals surface area contributed by atoms with Crippen LogP contribution in [0.3, 0.4) is 0 Å². The topological polar surface area (TPSA) is 41.1 Å². The van der Waals surface area contributed by atoms with Crippen LogP contribution in [0.5, 0.6) is 0 Å². The van der Waals surface area contributed by atoms with Crippen molar-refractivity contribution < 1.29 is 4.79 Å². The first-order valence-electron chi connectivity index (χ1n) is 7.17. The molecule has 0 radical (unpaired) electrons. The van der Waals surface area contributed by atoms with Crippen LogP contribution in [0.15, 0.2) is 36.4 Å². The van der Waals surface area contributed by atoms with Gasteiger partial charge in [-0.3, -0.25) is 4.79 Å². The molecule has 0 aliphatic carbocycles. The molecule has 2 aromatic rings. The largest absolute Gasteiger partial charge is 0.325 e. The molecule has 3 nitrogen and oxygen atoms in total. The molecule has 0 aromatic heterocycles. The third-order valence-electron chi connectivity index (χ3n) is 3.41. The van der Waals surface area contributed by atoms with E-state index in [2.05, 4.69) is 10.6 Å². The predicted octanol–water partition coefficient (Wildman–Crippen LogP) is 4.73. The van der Waals surface area contributed by atoms with Crippen molar-refractivity contribution in [2.75, 3.05) is 18.4 Å². The number of carbonyl (C=O) groups excluding carboxylic acids is 1. The molecule has 0 spiro atoms. The Balaban J connectivity index is 1.78. The summed E-state index contributed by atoms with van der Waals surface area (Å²) < 4.78 is 0. The van der Waals surface area contributed by atoms with E-state index in [0.29, 0.717) is 21.6 Å². The van der Waals surface area contributed by atoms with Crippen molar-refractivity contribution in [3.8, 4) is 0 Å². The van der Waals surface area contributed by atoms with Gasteiger partial charge in [0.25, 0.3) is 0 Å². The highest BCUT2D eigenvalue weighted by Gasteiger charge is 2.07. The minimum atomic E-state index is -0.113. The number of rotatable bonds is 6. The maximum Gasteiger partial charge on any atom is 0.238 e. The van der Waals surface area contributed by atoms with Crippen LogP contribution in [0, 0.1) is 6.92 Å². The molecular weight excluding hydrogens is 355 g/mol. The number of benzene rings is 2. The number of carbonyl (C=O) groups is 1. The lowest BCUT2D eigenvalue weighted by Crippen LogP contribution is -2.29. The van der Waals surface area contributed by atoms with Gasteiger partial charge in [0.05, 0.1) is 6.54 Å². The Labute approximate surface area is 150 Å². The van der Waals surface area contributed by atoms with Crippen LogP contribution in [0.2, 0.25) is 15.1 Å². The Bertz CT molecular complexity index is 704. The lowest BCUT2D eigenvalue weighted by Gasteiger charge is -2.10. The maximum absolute atomic E-state index is 11.9. The fourth-order valence-corrected chi connectivity index (χ4v) is 2.76. The van der Waals surface area contributed by atoms with Gasteiger partial charge in [-0.15, -0.1) is 0 Å². The van der Waals surface area contributed by atoms with Gasteiger partial charge in [-0.1, -0.05) is 46.9 Å². The summed E-state index contributed by atoms with van der Waals surface area (Å²) in [6.07, 6.45) is 0.722. The van der Waals surface area contributed by atoms with Crippen molar-refractivity contribution in [2.45, 2.75) is 13.3 Å². The summed E-state index contributed by atoms with van der Waals surface area (Å²) in [7, 11) is 0. The quantitative estimate of drug-likeness (QED) is 0.721. The second kappa shape index (κ2) is 8.55. The fraction of sp³-hybridized carbons (Fsp3) is 0.235. The van der Waals surface area contributed by atoms with Gasteiger partial charge < -0.3 is 10.6 Å². The Morgan fingerprint density at radius 3 is 2.61 bits per heavy atom. The summed E-state index contributed by atoms with van der Waals surface area (Å²) in [6, 6.07) is 10.8. The van der Waals surface area contributed by atoms with E-state index in [9.17, 15) is 4.79 Å². The molecular formula is C17H17Cl3N2O. The lowest BCUT2D eigenvalue weighted by atomic mass is 10.1. The summed E-state index contributed by atoms with van der Waals surface area (Å²) in [4.78, 5) is 11.9. The van der Waals surface area contributed by atoms with Gasteiger partial charge in [0.2, 0.25) is 5.91 Å². The van der Waals surface area contributed by atoms with Crippen LogP contribution < -0.4 is 10.6 Å². The van der Waals surface area contributed by atoms with Crippen LogP contribution in [0.4, 0.5) is 5.69 Å². The van der Waals surface area contributed by atoms with E-state index in [1.54, 1.807) is 24.3 Å². The molecule has 0 unspecified atom stereocenters. The number of nitrogens with one attached hydrogen (secondary N) is 2. The molecule has 0 bridgehead atoms. The molecule has 122 valence electrons. The normalized spacial score (nSPS) is 10.6. The summed E-state index contributed by atoms with van der Waals surface area (Å²) in [5.74, 6) is -0.113. The zero-order valence-electron chi connectivity index (χ0n) is 12.6. The second-order valence-electron chi connectivity index (χ2n) is 5.12. The van der Waals surface area contributed by atoms with Crippen LogP contribution in [-0.4, -0.2) is 19.0 Å². The summed E-state index contributed by atoms with van der Waals surface area (Å²) in [5, 5.41) is 7.82. The van der Waals surface area contributed by atoms with E-state index in [1.807, 2.05) is 19.1 Å². The van der Waals surface area contributed by atoms with Crippen LogP contribution in [-0.2, 0) is 11.2 Å². The number of halogens is 3. The Morgan fingerprint density at radius 1 is 1.09 bits per heavy atom. The van der Waals surface area contributed by atoms with E-state index in [-0.39, 0.29) is 12.5 Å². The van der Waals surface area contributed by atoms with Crippen molar-refractivity contribution in [2.24, 2.45) is 0 Å². The third-order valence-corrected chi connectivity index (χ3v) is 4.41. The van der Waals surface area contributed by atoms with Gasteiger partial charge in [-0.2, -0.15) is 0 Å². The molecule has 0 atom stereocenters. The number of hydrogen-bond donors (Lipinski definition) is 2. The second-order valence-corrected chi connectivity index (χ2v) is 6.37. The number of anilines is 1. The molecule has 0 saturated carbocycles. The van der Waals surface area contributed by atoms with Crippen molar-refractivity contribution in [3.05, 3.63) is 62.6 Å². The molecule has 0 heterocycles. The monoisotopic (exact) mass is 370 g/mol. The molecule has 0 aliphatic heterocycles. The molecule has 2 aromatic carbocycles. The molecule has 1 amide bonds. The molecule has 0 aliphatic rings. The fourth-order valence-electron chi connectivity index (χ4n) is 2.09. The SMILES string of the molecule is Cc1c(Cl)cccc1NC(=O)CNCCc1ccc(Cl)cc1Cl. The molecule has 2 N–H and O–H groups in total. The average Bonchev–Trinajstić information content (AvgIpc) is 2.50. The van der Waals surface area contributed by atoms with E-state index in [4.69, 9.17) is 34.8 Å². The van der Waals surface area contributed by atoms with Gasteiger partial charge in [-0.05, 0) is 55.3 Å². The first-order valence-corrected chi connectivity index (χ1v) is 8.30. The van der Waals surface area contributed by atoms with Gasteiger partial charge in [0, 0.05) is 20.8 Å². The van der Waals surface area contributed by atoms with E-state index in [1.165, 1.54) is 0 Å². The highest BCUT2D eigenvalue weighted by molar-refractivity contribution is 6.35. The van der Waals surface area contributed by atoms with E-state index < -0.39 is 0 Å². The third kappa shape index (κ3) is 5.40. The Kier molecular flexibility index (Phi) is 6.72. The Hall–Kier alpha value is -1.26. The first-order chi connectivity index (χ1) is 11.0. The predicted molar refractivity (Wildman–Crippen MR) is 97.9 cm³/mol. The first kappa shape index (κ1) is 18.1. The summed E-state index contributed by atoms with van der Waals surface area (Å²) in [5.41, 5.74) is 2.58. The summed E-state index contributed by atoms with van der Waals surface area (Å²) in [6.45, 7) is 2.73. The van der Waals surface area contributed by atoms with E-state index >= 15 is 0 Å². The van der Waals surface area contributed by atoms with Gasteiger partial charge >= 0.3 is 0 Å². The molecule has 2 rings (SSSR count). The van der Waals surface area contributed by atoms with Crippen molar-refractivity contribution >= 4 is 46.4 Å². The minimum Gasteiger partial charge on any atom is -0.325 e. The van der Waals surface area contributed by atoms with E-state index in [0.717, 1.165) is 23.2 Å². The van der Waals surface area contributed by atoms with Crippen molar-refractivity contribution in [3.63, 3.8) is 0 Å². The number of hydrogen-bond acceptors (Lipinski definition) is 2. The Morgan fingerprint density at radius 2 is 1.87 bits per heavy atom. The lowest BCUT2D eigenvalue weighted by molar-refractivity contribution is -0.115. The molecule has 23 heavy (non-hydrogen) atoms. The van der Waals surface area contributed by atoms with Crippen LogP contribution >= 0.6 is 34.8 Å². The van der Waals surface area contributed by atoms with Crippen LogP contribution in [0.1, 0.15) is 11.1 Å². The zero-order chi connectivity index (χ0) is 16.8. The molecule has 6 heteroatoms. The van der Waals surface area contributed by atoms with Crippen molar-refractivity contribution in [1.82, 2.24) is 5.32 Å². The van der Waals surface area contributed by atoms with Gasteiger partial charge in [0.15, 0.2) is 0 Å².